The van der Waals surface area contributed by atoms with Gasteiger partial charge >= 0.3 is 0 Å². The van der Waals surface area contributed by atoms with Crippen molar-refractivity contribution in [1.29, 1.82) is 0 Å². The molecule has 160 valence electrons. The van der Waals surface area contributed by atoms with Crippen LogP contribution in [0.3, 0.4) is 0 Å². The topological polar surface area (TPSA) is 93.3 Å². The van der Waals surface area contributed by atoms with Crippen LogP contribution in [0.15, 0.2) is 60.8 Å². The Morgan fingerprint density at radius 1 is 1.13 bits per heavy atom. The van der Waals surface area contributed by atoms with E-state index in [0.717, 1.165) is 42.7 Å². The van der Waals surface area contributed by atoms with Gasteiger partial charge in [0.25, 0.3) is 5.69 Å². The third kappa shape index (κ3) is 4.97. The molecule has 1 aromatic heterocycles. The summed E-state index contributed by atoms with van der Waals surface area (Å²) >= 11 is 0. The maximum absolute atomic E-state index is 12.8. The first kappa shape index (κ1) is 20.7. The lowest BCUT2D eigenvalue weighted by Crippen LogP contribution is -2.43. The standard InChI is InChI=1S/C23H25N5O3/c1-26-13-11-19(12-14-26)24-22(29)15-18-16-27(20-5-3-2-4-6-20)25-23(18)17-7-9-21(10-8-17)28(30)31/h2-10,16,19H,11-15H2,1H3,(H,24,29). The van der Waals surface area contributed by atoms with Gasteiger partial charge in [0.15, 0.2) is 0 Å². The van der Waals surface area contributed by atoms with Gasteiger partial charge < -0.3 is 10.2 Å². The van der Waals surface area contributed by atoms with Crippen LogP contribution < -0.4 is 5.32 Å². The number of nitro benzene ring substituents is 1. The second kappa shape index (κ2) is 9.09. The van der Waals surface area contributed by atoms with E-state index in [0.29, 0.717) is 5.69 Å². The highest BCUT2D eigenvalue weighted by Gasteiger charge is 2.21. The predicted octanol–water partition coefficient (Wildman–Crippen LogP) is 3.20. The van der Waals surface area contributed by atoms with Crippen LogP contribution in [0.2, 0.25) is 0 Å². The fourth-order valence-electron chi connectivity index (χ4n) is 3.84. The molecule has 0 aliphatic carbocycles. The Morgan fingerprint density at radius 3 is 2.45 bits per heavy atom. The number of hydrogen-bond acceptors (Lipinski definition) is 5. The van der Waals surface area contributed by atoms with Crippen LogP contribution in [-0.2, 0) is 11.2 Å². The summed E-state index contributed by atoms with van der Waals surface area (Å²) in [5.41, 5.74) is 3.07. The van der Waals surface area contributed by atoms with Crippen LogP contribution >= 0.6 is 0 Å². The maximum atomic E-state index is 12.8. The number of rotatable bonds is 6. The molecule has 3 aromatic rings. The number of nitrogens with zero attached hydrogens (tertiary/aromatic N) is 4. The van der Waals surface area contributed by atoms with Crippen molar-refractivity contribution in [3.8, 4) is 16.9 Å². The molecular formula is C23H25N5O3. The summed E-state index contributed by atoms with van der Waals surface area (Å²) in [5.74, 6) is -0.0367. The third-order valence-electron chi connectivity index (χ3n) is 5.60. The molecule has 1 N–H and O–H groups in total. The van der Waals surface area contributed by atoms with E-state index in [9.17, 15) is 14.9 Å². The number of amides is 1. The average Bonchev–Trinajstić information content (AvgIpc) is 3.19. The van der Waals surface area contributed by atoms with Crippen molar-refractivity contribution in [2.75, 3.05) is 20.1 Å². The second-order valence-electron chi connectivity index (χ2n) is 7.91. The summed E-state index contributed by atoms with van der Waals surface area (Å²) < 4.78 is 1.74. The number of carbonyl (C=O) groups is 1. The highest BCUT2D eigenvalue weighted by atomic mass is 16.6. The molecule has 0 bridgehead atoms. The van der Waals surface area contributed by atoms with E-state index >= 15 is 0 Å². The molecule has 8 nitrogen and oxygen atoms in total. The molecule has 0 unspecified atom stereocenters. The largest absolute Gasteiger partial charge is 0.353 e. The van der Waals surface area contributed by atoms with E-state index in [2.05, 4.69) is 17.3 Å². The molecular weight excluding hydrogens is 394 g/mol. The molecule has 0 saturated carbocycles. The van der Waals surface area contributed by atoms with Crippen LogP contribution in [0.25, 0.3) is 16.9 Å². The van der Waals surface area contributed by atoms with Gasteiger partial charge in [0.2, 0.25) is 5.91 Å². The molecule has 1 amide bonds. The van der Waals surface area contributed by atoms with Crippen LogP contribution in [0.4, 0.5) is 5.69 Å². The quantitative estimate of drug-likeness (QED) is 0.489. The molecule has 1 fully saturated rings. The van der Waals surface area contributed by atoms with Crippen molar-refractivity contribution < 1.29 is 9.72 Å². The summed E-state index contributed by atoms with van der Waals surface area (Å²) in [6.45, 7) is 1.95. The molecule has 1 aliphatic heterocycles. The molecule has 0 atom stereocenters. The van der Waals surface area contributed by atoms with Gasteiger partial charge in [-0.1, -0.05) is 18.2 Å². The fourth-order valence-corrected chi connectivity index (χ4v) is 3.84. The van der Waals surface area contributed by atoms with Gasteiger partial charge in [-0.3, -0.25) is 14.9 Å². The molecule has 0 radical (unpaired) electrons. The number of nitrogens with one attached hydrogen (secondary N) is 1. The van der Waals surface area contributed by atoms with E-state index in [1.54, 1.807) is 16.8 Å². The molecule has 0 spiro atoms. The zero-order chi connectivity index (χ0) is 21.8. The number of nitro groups is 1. The molecule has 4 rings (SSSR count). The zero-order valence-electron chi connectivity index (χ0n) is 17.4. The number of carbonyl (C=O) groups excluding carboxylic acids is 1. The highest BCUT2D eigenvalue weighted by Crippen LogP contribution is 2.26. The monoisotopic (exact) mass is 419 g/mol. The van der Waals surface area contributed by atoms with E-state index in [1.807, 2.05) is 36.5 Å². The normalized spacial score (nSPS) is 15.0. The Hall–Kier alpha value is -3.52. The minimum Gasteiger partial charge on any atom is -0.353 e. The van der Waals surface area contributed by atoms with Gasteiger partial charge in [-0.05, 0) is 57.2 Å². The summed E-state index contributed by atoms with van der Waals surface area (Å²) in [6, 6.07) is 16.1. The van der Waals surface area contributed by atoms with Gasteiger partial charge in [0, 0.05) is 35.5 Å². The molecule has 1 aliphatic rings. The van der Waals surface area contributed by atoms with E-state index < -0.39 is 4.92 Å². The summed E-state index contributed by atoms with van der Waals surface area (Å²) in [6.07, 6.45) is 3.95. The van der Waals surface area contributed by atoms with E-state index in [4.69, 9.17) is 5.10 Å². The lowest BCUT2D eigenvalue weighted by molar-refractivity contribution is -0.384. The zero-order valence-corrected chi connectivity index (χ0v) is 17.4. The Kier molecular flexibility index (Phi) is 6.08. The summed E-state index contributed by atoms with van der Waals surface area (Å²) in [5, 5.41) is 18.8. The SMILES string of the molecule is CN1CCC(NC(=O)Cc2cn(-c3ccccc3)nc2-c2ccc([N+](=O)[O-])cc2)CC1. The molecule has 2 aromatic carbocycles. The van der Waals surface area contributed by atoms with Crippen LogP contribution in [-0.4, -0.2) is 51.7 Å². The Balaban J connectivity index is 1.59. The Labute approximate surface area is 180 Å². The van der Waals surface area contributed by atoms with Gasteiger partial charge in [0.1, 0.15) is 0 Å². The number of aromatic nitrogens is 2. The number of hydrogen-bond donors (Lipinski definition) is 1. The van der Waals surface area contributed by atoms with Crippen molar-refractivity contribution >= 4 is 11.6 Å². The van der Waals surface area contributed by atoms with Gasteiger partial charge in [-0.15, -0.1) is 0 Å². The first-order chi connectivity index (χ1) is 15.0. The number of likely N-dealkylation sites (tertiary alicyclic amines) is 1. The summed E-state index contributed by atoms with van der Waals surface area (Å²) in [4.78, 5) is 25.6. The number of benzene rings is 2. The number of non-ortho nitro benzene ring substituents is 1. The number of piperidine rings is 1. The minimum absolute atomic E-state index is 0.0211. The third-order valence-corrected chi connectivity index (χ3v) is 5.60. The lowest BCUT2D eigenvalue weighted by Gasteiger charge is -2.29. The van der Waals surface area contributed by atoms with Crippen molar-refractivity contribution in [2.24, 2.45) is 0 Å². The van der Waals surface area contributed by atoms with E-state index in [-0.39, 0.29) is 24.1 Å². The van der Waals surface area contributed by atoms with Gasteiger partial charge in [0.05, 0.1) is 22.7 Å². The van der Waals surface area contributed by atoms with E-state index in [1.165, 1.54) is 12.1 Å². The molecule has 1 saturated heterocycles. The highest BCUT2D eigenvalue weighted by molar-refractivity contribution is 5.81. The van der Waals surface area contributed by atoms with Crippen molar-refractivity contribution in [2.45, 2.75) is 25.3 Å². The van der Waals surface area contributed by atoms with Crippen LogP contribution in [0.1, 0.15) is 18.4 Å². The van der Waals surface area contributed by atoms with Gasteiger partial charge in [-0.2, -0.15) is 5.10 Å². The molecule has 2 heterocycles. The van der Waals surface area contributed by atoms with Crippen molar-refractivity contribution in [3.63, 3.8) is 0 Å². The first-order valence-electron chi connectivity index (χ1n) is 10.4. The minimum atomic E-state index is -0.428. The average molecular weight is 419 g/mol. The maximum Gasteiger partial charge on any atom is 0.269 e. The van der Waals surface area contributed by atoms with Gasteiger partial charge in [-0.25, -0.2) is 4.68 Å². The Bertz CT molecular complexity index is 1050. The molecule has 8 heteroatoms. The number of para-hydroxylation sites is 1. The smallest absolute Gasteiger partial charge is 0.269 e. The van der Waals surface area contributed by atoms with Crippen LogP contribution in [0, 0.1) is 10.1 Å². The Morgan fingerprint density at radius 2 is 1.81 bits per heavy atom. The first-order valence-corrected chi connectivity index (χ1v) is 10.4. The van der Waals surface area contributed by atoms with Crippen LogP contribution in [0.5, 0.6) is 0 Å². The molecule has 31 heavy (non-hydrogen) atoms. The second-order valence-corrected chi connectivity index (χ2v) is 7.91. The summed E-state index contributed by atoms with van der Waals surface area (Å²) in [7, 11) is 2.09. The predicted molar refractivity (Wildman–Crippen MR) is 118 cm³/mol. The lowest BCUT2D eigenvalue weighted by atomic mass is 10.0. The van der Waals surface area contributed by atoms with Crippen molar-refractivity contribution in [1.82, 2.24) is 20.0 Å². The van der Waals surface area contributed by atoms with Crippen molar-refractivity contribution in [3.05, 3.63) is 76.5 Å². The fraction of sp³-hybridized carbons (Fsp3) is 0.304.